The molecule has 0 spiro atoms. The number of halogens is 2. The molecule has 0 aliphatic rings. The van der Waals surface area contributed by atoms with Crippen LogP contribution in [0.15, 0.2) is 30.3 Å². The molecule has 0 saturated heterocycles. The third-order valence-corrected chi connectivity index (χ3v) is 3.93. The Morgan fingerprint density at radius 1 is 1.17 bits per heavy atom. The number of nitrogens with zero attached hydrogens (tertiary/aromatic N) is 1. The van der Waals surface area contributed by atoms with E-state index in [0.29, 0.717) is 11.3 Å². The van der Waals surface area contributed by atoms with Gasteiger partial charge in [0.2, 0.25) is 0 Å². The first-order chi connectivity index (χ1) is 10.9. The van der Waals surface area contributed by atoms with E-state index in [0.717, 1.165) is 5.56 Å². The van der Waals surface area contributed by atoms with Crippen LogP contribution in [0.5, 0.6) is 0 Å². The zero-order valence-corrected chi connectivity index (χ0v) is 13.6. The maximum atomic E-state index is 14.0. The van der Waals surface area contributed by atoms with Crippen molar-refractivity contribution >= 4 is 0 Å². The second-order valence-corrected chi connectivity index (χ2v) is 6.00. The fraction of sp³-hybridized carbons (Fsp3) is 0.389. The van der Waals surface area contributed by atoms with Crippen molar-refractivity contribution < 1.29 is 13.9 Å². The SMILES string of the molecule is Cc1ccc(F)cc1-c1ccc(F)c(CN[C@@H](CO)C(C)C)n1. The molecule has 124 valence electrons. The van der Waals surface area contributed by atoms with Crippen LogP contribution in [0.3, 0.4) is 0 Å². The first-order valence-corrected chi connectivity index (χ1v) is 7.68. The summed E-state index contributed by atoms with van der Waals surface area (Å²) in [6.45, 7) is 5.99. The first kappa shape index (κ1) is 17.5. The summed E-state index contributed by atoms with van der Waals surface area (Å²) in [7, 11) is 0. The van der Waals surface area contributed by atoms with Gasteiger partial charge >= 0.3 is 0 Å². The van der Waals surface area contributed by atoms with Gasteiger partial charge in [0.1, 0.15) is 11.6 Å². The molecule has 5 heteroatoms. The van der Waals surface area contributed by atoms with Crippen LogP contribution in [0.2, 0.25) is 0 Å². The minimum atomic E-state index is -0.421. The molecule has 0 bridgehead atoms. The van der Waals surface area contributed by atoms with Gasteiger partial charge in [-0.05, 0) is 42.7 Å². The molecular weight excluding hydrogens is 298 g/mol. The number of benzene rings is 1. The van der Waals surface area contributed by atoms with Crippen LogP contribution in [0.25, 0.3) is 11.3 Å². The molecule has 0 saturated carbocycles. The molecule has 2 aromatic rings. The Balaban J connectivity index is 2.27. The van der Waals surface area contributed by atoms with Crippen molar-refractivity contribution in [2.24, 2.45) is 5.92 Å². The highest BCUT2D eigenvalue weighted by atomic mass is 19.1. The summed E-state index contributed by atoms with van der Waals surface area (Å²) in [5.74, 6) is -0.552. The lowest BCUT2D eigenvalue weighted by Crippen LogP contribution is -2.36. The molecule has 0 fully saturated rings. The van der Waals surface area contributed by atoms with Crippen molar-refractivity contribution in [3.8, 4) is 11.3 Å². The normalized spacial score (nSPS) is 12.7. The number of aromatic nitrogens is 1. The van der Waals surface area contributed by atoms with Gasteiger partial charge in [0.05, 0.1) is 18.0 Å². The van der Waals surface area contributed by atoms with Gasteiger partial charge in [-0.2, -0.15) is 0 Å². The lowest BCUT2D eigenvalue weighted by atomic mass is 10.0. The number of nitrogens with one attached hydrogen (secondary N) is 1. The number of aryl methyl sites for hydroxylation is 1. The Labute approximate surface area is 135 Å². The van der Waals surface area contributed by atoms with Crippen LogP contribution in [0, 0.1) is 24.5 Å². The molecule has 1 atom stereocenters. The molecule has 1 heterocycles. The van der Waals surface area contributed by atoms with E-state index in [2.05, 4.69) is 10.3 Å². The van der Waals surface area contributed by atoms with E-state index in [4.69, 9.17) is 0 Å². The third kappa shape index (κ3) is 4.33. The highest BCUT2D eigenvalue weighted by Gasteiger charge is 2.14. The molecule has 3 nitrogen and oxygen atoms in total. The largest absolute Gasteiger partial charge is 0.395 e. The Kier molecular flexibility index (Phi) is 5.80. The molecule has 1 aromatic heterocycles. The Morgan fingerprint density at radius 2 is 1.91 bits per heavy atom. The van der Waals surface area contributed by atoms with Crippen molar-refractivity contribution in [2.45, 2.75) is 33.4 Å². The molecular formula is C18H22F2N2O. The number of aliphatic hydroxyl groups excluding tert-OH is 1. The fourth-order valence-electron chi connectivity index (χ4n) is 2.37. The van der Waals surface area contributed by atoms with E-state index < -0.39 is 5.82 Å². The van der Waals surface area contributed by atoms with Crippen molar-refractivity contribution in [3.63, 3.8) is 0 Å². The Bertz CT molecular complexity index is 674. The molecule has 2 N–H and O–H groups in total. The van der Waals surface area contributed by atoms with Crippen LogP contribution in [-0.4, -0.2) is 22.7 Å². The summed E-state index contributed by atoms with van der Waals surface area (Å²) < 4.78 is 27.4. The lowest BCUT2D eigenvalue weighted by Gasteiger charge is -2.20. The number of pyridine rings is 1. The van der Waals surface area contributed by atoms with E-state index in [1.54, 1.807) is 12.1 Å². The second kappa shape index (κ2) is 7.62. The summed E-state index contributed by atoms with van der Waals surface area (Å²) in [4.78, 5) is 4.32. The van der Waals surface area contributed by atoms with Crippen LogP contribution in [0.1, 0.15) is 25.1 Å². The van der Waals surface area contributed by atoms with E-state index >= 15 is 0 Å². The van der Waals surface area contributed by atoms with Crippen molar-refractivity contribution in [3.05, 3.63) is 53.2 Å². The van der Waals surface area contributed by atoms with Gasteiger partial charge in [0, 0.05) is 18.2 Å². The predicted octanol–water partition coefficient (Wildman–Crippen LogP) is 3.44. The molecule has 0 unspecified atom stereocenters. The third-order valence-electron chi connectivity index (χ3n) is 3.93. The Morgan fingerprint density at radius 3 is 2.57 bits per heavy atom. The van der Waals surface area contributed by atoms with Gasteiger partial charge in [-0.15, -0.1) is 0 Å². The number of hydrogen-bond acceptors (Lipinski definition) is 3. The molecule has 23 heavy (non-hydrogen) atoms. The minimum absolute atomic E-state index is 0.0258. The molecule has 1 aromatic carbocycles. The molecule has 2 rings (SSSR count). The molecule has 0 aliphatic carbocycles. The van der Waals surface area contributed by atoms with Gasteiger partial charge < -0.3 is 10.4 Å². The number of rotatable bonds is 6. The summed E-state index contributed by atoms with van der Waals surface area (Å²) in [5, 5.41) is 12.4. The van der Waals surface area contributed by atoms with Crippen molar-refractivity contribution in [1.82, 2.24) is 10.3 Å². The monoisotopic (exact) mass is 320 g/mol. The second-order valence-electron chi connectivity index (χ2n) is 6.00. The molecule has 0 radical (unpaired) electrons. The number of aliphatic hydroxyl groups is 1. The van der Waals surface area contributed by atoms with Crippen molar-refractivity contribution in [1.29, 1.82) is 0 Å². The smallest absolute Gasteiger partial charge is 0.146 e. The fourth-order valence-corrected chi connectivity index (χ4v) is 2.37. The first-order valence-electron chi connectivity index (χ1n) is 7.68. The van der Waals surface area contributed by atoms with Crippen molar-refractivity contribution in [2.75, 3.05) is 6.61 Å². The quantitative estimate of drug-likeness (QED) is 0.857. The average molecular weight is 320 g/mol. The summed E-state index contributed by atoms with van der Waals surface area (Å²) in [5.41, 5.74) is 2.31. The standard InChI is InChI=1S/C18H22F2N2O/c1-11(2)18(10-23)21-9-17-15(20)6-7-16(22-17)14-8-13(19)5-4-12(14)3/h4-8,11,18,21,23H,9-10H2,1-3H3/t18-/m0/s1. The zero-order valence-electron chi connectivity index (χ0n) is 13.6. The van der Waals surface area contributed by atoms with E-state index in [1.807, 2.05) is 20.8 Å². The van der Waals surface area contributed by atoms with Gasteiger partial charge in [-0.3, -0.25) is 0 Å². The topological polar surface area (TPSA) is 45.1 Å². The zero-order chi connectivity index (χ0) is 17.0. The predicted molar refractivity (Wildman–Crippen MR) is 86.9 cm³/mol. The van der Waals surface area contributed by atoms with E-state index in [9.17, 15) is 13.9 Å². The van der Waals surface area contributed by atoms with E-state index in [1.165, 1.54) is 18.2 Å². The minimum Gasteiger partial charge on any atom is -0.395 e. The summed E-state index contributed by atoms with van der Waals surface area (Å²) in [6.07, 6.45) is 0. The average Bonchev–Trinajstić information content (AvgIpc) is 2.51. The van der Waals surface area contributed by atoms with Gasteiger partial charge in [0.15, 0.2) is 0 Å². The highest BCUT2D eigenvalue weighted by Crippen LogP contribution is 2.23. The van der Waals surface area contributed by atoms with Gasteiger partial charge in [-0.1, -0.05) is 19.9 Å². The maximum Gasteiger partial charge on any atom is 0.146 e. The van der Waals surface area contributed by atoms with Crippen LogP contribution in [-0.2, 0) is 6.54 Å². The number of hydrogen-bond donors (Lipinski definition) is 2. The summed E-state index contributed by atoms with van der Waals surface area (Å²) >= 11 is 0. The van der Waals surface area contributed by atoms with Crippen LogP contribution < -0.4 is 5.32 Å². The Hall–Kier alpha value is -1.85. The van der Waals surface area contributed by atoms with Gasteiger partial charge in [0.25, 0.3) is 0 Å². The maximum absolute atomic E-state index is 14.0. The lowest BCUT2D eigenvalue weighted by molar-refractivity contribution is 0.209. The molecule has 0 amide bonds. The van der Waals surface area contributed by atoms with Crippen LogP contribution in [0.4, 0.5) is 8.78 Å². The van der Waals surface area contributed by atoms with Crippen LogP contribution >= 0.6 is 0 Å². The summed E-state index contributed by atoms with van der Waals surface area (Å²) in [6, 6.07) is 7.22. The van der Waals surface area contributed by atoms with E-state index in [-0.39, 0.29) is 36.6 Å². The molecule has 0 aliphatic heterocycles. The van der Waals surface area contributed by atoms with Gasteiger partial charge in [-0.25, -0.2) is 13.8 Å². The highest BCUT2D eigenvalue weighted by molar-refractivity contribution is 5.63.